The van der Waals surface area contributed by atoms with Gasteiger partial charge in [0, 0.05) is 63.8 Å². The highest BCUT2D eigenvalue weighted by Gasteiger charge is 2.51. The monoisotopic (exact) mass is 401 g/mol. The predicted octanol–water partition coefficient (Wildman–Crippen LogP) is 2.17. The average molecular weight is 402 g/mol. The zero-order valence-corrected chi connectivity index (χ0v) is 17.4. The number of ether oxygens (including phenoxy) is 1. The predicted molar refractivity (Wildman–Crippen MR) is 111 cm³/mol. The zero-order valence-electron chi connectivity index (χ0n) is 17.4. The molecule has 8 heteroatoms. The van der Waals surface area contributed by atoms with Gasteiger partial charge in [0.1, 0.15) is 0 Å². The number of hydrogen-bond acceptors (Lipinski definition) is 6. The summed E-state index contributed by atoms with van der Waals surface area (Å²) < 4.78 is 5.12. The average Bonchev–Trinajstić information content (AvgIpc) is 3.13. The lowest BCUT2D eigenvalue weighted by atomic mass is 9.78. The second kappa shape index (κ2) is 8.18. The number of piperazine rings is 1. The van der Waals surface area contributed by atoms with E-state index in [0.717, 1.165) is 50.8 Å². The molecule has 0 bridgehead atoms. The minimum absolute atomic E-state index is 0.0773. The number of pyridine rings is 1. The Labute approximate surface area is 172 Å². The topological polar surface area (TPSA) is 78.0 Å². The summed E-state index contributed by atoms with van der Waals surface area (Å²) in [6.45, 7) is 9.31. The molecule has 2 aliphatic heterocycles. The Balaban J connectivity index is 1.29. The third kappa shape index (κ3) is 4.17. The van der Waals surface area contributed by atoms with Crippen LogP contribution in [0.3, 0.4) is 0 Å². The van der Waals surface area contributed by atoms with E-state index >= 15 is 0 Å². The van der Waals surface area contributed by atoms with Crippen LogP contribution >= 0.6 is 0 Å². The number of nitrogens with one attached hydrogen (secondary N) is 1. The lowest BCUT2D eigenvalue weighted by molar-refractivity contribution is -0.114. The summed E-state index contributed by atoms with van der Waals surface area (Å²) in [7, 11) is 0. The second-order valence-electron chi connectivity index (χ2n) is 8.53. The fourth-order valence-corrected chi connectivity index (χ4v) is 5.12. The van der Waals surface area contributed by atoms with Gasteiger partial charge in [-0.2, -0.15) is 0 Å². The SMILES string of the molecule is CCOC(=O)N1CC2(CC[C@@H](N3CCN(c4ncccc4NC(C)=O)CC3)C2)C1. The molecule has 3 heterocycles. The van der Waals surface area contributed by atoms with E-state index in [1.807, 2.05) is 24.0 Å². The molecule has 1 atom stereocenters. The first kappa shape index (κ1) is 19.9. The molecule has 3 fully saturated rings. The summed E-state index contributed by atoms with van der Waals surface area (Å²) in [5.41, 5.74) is 1.08. The van der Waals surface area contributed by atoms with Crippen LogP contribution in [0, 0.1) is 5.41 Å². The highest BCUT2D eigenvalue weighted by atomic mass is 16.6. The third-order valence-corrected chi connectivity index (χ3v) is 6.48. The molecule has 158 valence electrons. The number of nitrogens with zero attached hydrogens (tertiary/aromatic N) is 4. The highest BCUT2D eigenvalue weighted by molar-refractivity contribution is 5.91. The molecule has 1 aliphatic carbocycles. The molecule has 1 N–H and O–H groups in total. The molecular weight excluding hydrogens is 370 g/mol. The van der Waals surface area contributed by atoms with Crippen LogP contribution in [0.15, 0.2) is 18.3 Å². The molecule has 0 unspecified atom stereocenters. The normalized spacial score (nSPS) is 23.7. The van der Waals surface area contributed by atoms with Crippen molar-refractivity contribution in [3.63, 3.8) is 0 Å². The first-order valence-electron chi connectivity index (χ1n) is 10.6. The van der Waals surface area contributed by atoms with Gasteiger partial charge < -0.3 is 19.9 Å². The number of likely N-dealkylation sites (tertiary alicyclic amines) is 1. The molecule has 2 saturated heterocycles. The molecular formula is C21H31N5O3. The zero-order chi connectivity index (χ0) is 20.4. The van der Waals surface area contributed by atoms with Crippen LogP contribution in [-0.2, 0) is 9.53 Å². The van der Waals surface area contributed by atoms with Gasteiger partial charge in [-0.05, 0) is 38.3 Å². The fourth-order valence-electron chi connectivity index (χ4n) is 5.12. The summed E-state index contributed by atoms with van der Waals surface area (Å²) in [5, 5.41) is 2.89. The maximum absolute atomic E-state index is 11.9. The van der Waals surface area contributed by atoms with Gasteiger partial charge in [0.15, 0.2) is 5.82 Å². The van der Waals surface area contributed by atoms with Crippen molar-refractivity contribution >= 4 is 23.5 Å². The number of anilines is 2. The summed E-state index contributed by atoms with van der Waals surface area (Å²) in [6, 6.07) is 4.35. The van der Waals surface area contributed by atoms with Gasteiger partial charge in [-0.3, -0.25) is 9.69 Å². The number of amides is 2. The van der Waals surface area contributed by atoms with Crippen molar-refractivity contribution in [2.45, 2.75) is 39.2 Å². The summed E-state index contributed by atoms with van der Waals surface area (Å²) in [5.74, 6) is 0.779. The van der Waals surface area contributed by atoms with Crippen LogP contribution in [0.5, 0.6) is 0 Å². The molecule has 8 nitrogen and oxygen atoms in total. The van der Waals surface area contributed by atoms with E-state index < -0.39 is 0 Å². The van der Waals surface area contributed by atoms with Crippen LogP contribution in [0.2, 0.25) is 0 Å². The van der Waals surface area contributed by atoms with Crippen LogP contribution < -0.4 is 10.2 Å². The van der Waals surface area contributed by atoms with Crippen LogP contribution in [0.4, 0.5) is 16.3 Å². The Morgan fingerprint density at radius 3 is 2.72 bits per heavy atom. The van der Waals surface area contributed by atoms with Crippen LogP contribution in [0.1, 0.15) is 33.1 Å². The minimum atomic E-state index is -0.166. The van der Waals surface area contributed by atoms with Crippen molar-refractivity contribution in [2.24, 2.45) is 5.41 Å². The molecule has 4 rings (SSSR count). The van der Waals surface area contributed by atoms with E-state index in [-0.39, 0.29) is 12.0 Å². The number of carbonyl (C=O) groups excluding carboxylic acids is 2. The number of rotatable bonds is 4. The molecule has 1 spiro atoms. The fraction of sp³-hybridized carbons (Fsp3) is 0.667. The molecule has 1 aromatic heterocycles. The van der Waals surface area contributed by atoms with Gasteiger partial charge in [0.2, 0.25) is 5.91 Å². The summed E-state index contributed by atoms with van der Waals surface area (Å²) >= 11 is 0. The smallest absolute Gasteiger partial charge is 0.409 e. The van der Waals surface area contributed by atoms with Crippen LogP contribution in [0.25, 0.3) is 0 Å². The van der Waals surface area contributed by atoms with Crippen molar-refractivity contribution in [3.8, 4) is 0 Å². The van der Waals surface area contributed by atoms with Crippen molar-refractivity contribution in [1.29, 1.82) is 0 Å². The van der Waals surface area contributed by atoms with E-state index in [9.17, 15) is 9.59 Å². The second-order valence-corrected chi connectivity index (χ2v) is 8.53. The number of hydrogen-bond donors (Lipinski definition) is 1. The van der Waals surface area contributed by atoms with Gasteiger partial charge in [0.25, 0.3) is 0 Å². The van der Waals surface area contributed by atoms with E-state index in [1.54, 1.807) is 6.20 Å². The lowest BCUT2D eigenvalue weighted by Gasteiger charge is -2.48. The maximum atomic E-state index is 11.9. The molecule has 1 aromatic rings. The Kier molecular flexibility index (Phi) is 5.63. The maximum Gasteiger partial charge on any atom is 0.409 e. The van der Waals surface area contributed by atoms with E-state index in [4.69, 9.17) is 4.74 Å². The number of aromatic nitrogens is 1. The van der Waals surface area contributed by atoms with Crippen molar-refractivity contribution in [3.05, 3.63) is 18.3 Å². The molecule has 0 radical (unpaired) electrons. The van der Waals surface area contributed by atoms with E-state index in [2.05, 4.69) is 20.1 Å². The van der Waals surface area contributed by atoms with Crippen molar-refractivity contribution in [1.82, 2.24) is 14.8 Å². The lowest BCUT2D eigenvalue weighted by Crippen LogP contribution is -2.58. The van der Waals surface area contributed by atoms with Crippen molar-refractivity contribution in [2.75, 3.05) is 56.1 Å². The Bertz CT molecular complexity index is 756. The van der Waals surface area contributed by atoms with Crippen molar-refractivity contribution < 1.29 is 14.3 Å². The Hall–Kier alpha value is -2.35. The van der Waals surface area contributed by atoms with Gasteiger partial charge in [-0.15, -0.1) is 0 Å². The van der Waals surface area contributed by atoms with Gasteiger partial charge >= 0.3 is 6.09 Å². The molecule has 0 aromatic carbocycles. The quantitative estimate of drug-likeness (QED) is 0.833. The van der Waals surface area contributed by atoms with Gasteiger partial charge in [-0.1, -0.05) is 0 Å². The van der Waals surface area contributed by atoms with Crippen LogP contribution in [-0.4, -0.2) is 78.7 Å². The molecule has 29 heavy (non-hydrogen) atoms. The minimum Gasteiger partial charge on any atom is -0.450 e. The van der Waals surface area contributed by atoms with E-state index in [1.165, 1.54) is 26.2 Å². The molecule has 3 aliphatic rings. The first-order valence-corrected chi connectivity index (χ1v) is 10.6. The van der Waals surface area contributed by atoms with E-state index in [0.29, 0.717) is 18.1 Å². The summed E-state index contributed by atoms with van der Waals surface area (Å²) in [6.07, 6.45) is 5.18. The largest absolute Gasteiger partial charge is 0.450 e. The Morgan fingerprint density at radius 2 is 2.03 bits per heavy atom. The number of carbonyl (C=O) groups is 2. The van der Waals surface area contributed by atoms with Gasteiger partial charge in [-0.25, -0.2) is 9.78 Å². The van der Waals surface area contributed by atoms with Gasteiger partial charge in [0.05, 0.1) is 12.3 Å². The first-order chi connectivity index (χ1) is 14.0. The standard InChI is InChI=1S/C21H31N5O3/c1-3-29-20(28)26-14-21(15-26)7-6-17(13-21)24-9-11-25(12-10-24)19-18(23-16(2)27)5-4-8-22-19/h4-5,8,17H,3,6-7,9-15H2,1-2H3,(H,23,27)/t17-/m1/s1. The molecule has 2 amide bonds. The highest BCUT2D eigenvalue weighted by Crippen LogP contribution is 2.47. The summed E-state index contributed by atoms with van der Waals surface area (Å²) in [4.78, 5) is 34.5. The third-order valence-electron chi connectivity index (χ3n) is 6.48. The Morgan fingerprint density at radius 1 is 1.28 bits per heavy atom. The molecule has 1 saturated carbocycles.